The van der Waals surface area contributed by atoms with Gasteiger partial charge in [0.15, 0.2) is 0 Å². The number of nitrogens with one attached hydrogen (secondary N) is 2. The van der Waals surface area contributed by atoms with Gasteiger partial charge in [0, 0.05) is 22.4 Å². The van der Waals surface area contributed by atoms with Crippen molar-refractivity contribution in [2.75, 3.05) is 5.32 Å². The molecule has 0 radical (unpaired) electrons. The van der Waals surface area contributed by atoms with Gasteiger partial charge in [0.25, 0.3) is 11.8 Å². The third kappa shape index (κ3) is 6.08. The molecule has 2 amide bonds. The molecule has 4 aromatic rings. The number of hydrazone groups is 1. The van der Waals surface area contributed by atoms with Gasteiger partial charge in [-0.1, -0.05) is 35.9 Å². The first-order valence-corrected chi connectivity index (χ1v) is 10.7. The van der Waals surface area contributed by atoms with Crippen molar-refractivity contribution in [3.63, 3.8) is 0 Å². The normalized spacial score (nSPS) is 10.7. The number of rotatable bonds is 7. The van der Waals surface area contributed by atoms with E-state index in [0.717, 1.165) is 5.56 Å². The van der Waals surface area contributed by atoms with E-state index in [2.05, 4.69) is 15.8 Å². The molecule has 2 N–H and O–H groups in total. The highest BCUT2D eigenvalue weighted by Crippen LogP contribution is 2.18. The first-order chi connectivity index (χ1) is 17.0. The van der Waals surface area contributed by atoms with Crippen molar-refractivity contribution in [3.05, 3.63) is 119 Å². The number of hydrogen-bond acceptors (Lipinski definition) is 6. The SMILES string of the molecule is Cc1cccc(C(=O)Nc2cccc(C(=O)NN=Cc3ccccc3OC(=O)c3ccco3)c2)c1. The zero-order chi connectivity index (χ0) is 24.6. The Labute approximate surface area is 201 Å². The molecule has 0 saturated carbocycles. The summed E-state index contributed by atoms with van der Waals surface area (Å²) in [4.78, 5) is 37.2. The van der Waals surface area contributed by atoms with E-state index in [-0.39, 0.29) is 17.4 Å². The molecule has 8 nitrogen and oxygen atoms in total. The van der Waals surface area contributed by atoms with E-state index in [1.165, 1.54) is 18.5 Å². The third-order valence-electron chi connectivity index (χ3n) is 4.88. The molecule has 0 aliphatic rings. The predicted molar refractivity (Wildman–Crippen MR) is 131 cm³/mol. The molecule has 0 unspecified atom stereocenters. The van der Waals surface area contributed by atoms with Crippen LogP contribution in [0.25, 0.3) is 0 Å². The molecule has 4 rings (SSSR count). The van der Waals surface area contributed by atoms with Gasteiger partial charge in [-0.2, -0.15) is 5.10 Å². The van der Waals surface area contributed by atoms with Gasteiger partial charge in [0.1, 0.15) is 5.75 Å². The summed E-state index contributed by atoms with van der Waals surface area (Å²) < 4.78 is 10.4. The average molecular weight is 467 g/mol. The highest BCUT2D eigenvalue weighted by molar-refractivity contribution is 6.05. The van der Waals surface area contributed by atoms with Crippen molar-refractivity contribution in [1.29, 1.82) is 0 Å². The fraction of sp³-hybridized carbons (Fsp3) is 0.0370. The van der Waals surface area contributed by atoms with Gasteiger partial charge in [-0.05, 0) is 61.5 Å². The van der Waals surface area contributed by atoms with Crippen molar-refractivity contribution in [1.82, 2.24) is 5.43 Å². The molecule has 0 aliphatic heterocycles. The molecule has 8 heteroatoms. The molecule has 0 atom stereocenters. The number of benzene rings is 3. The molecule has 3 aromatic carbocycles. The Morgan fingerprint density at radius 2 is 1.63 bits per heavy atom. The second kappa shape index (κ2) is 10.8. The number of aryl methyl sites for hydroxylation is 1. The maximum Gasteiger partial charge on any atom is 0.379 e. The lowest BCUT2D eigenvalue weighted by atomic mass is 10.1. The summed E-state index contributed by atoms with van der Waals surface area (Å²) in [6.07, 6.45) is 2.74. The average Bonchev–Trinajstić information content (AvgIpc) is 3.40. The number of anilines is 1. The Hall–Kier alpha value is -4.98. The van der Waals surface area contributed by atoms with Gasteiger partial charge in [0.2, 0.25) is 5.76 Å². The summed E-state index contributed by atoms with van der Waals surface area (Å²) in [5.74, 6) is -1.07. The third-order valence-corrected chi connectivity index (χ3v) is 4.88. The lowest BCUT2D eigenvalue weighted by Gasteiger charge is -2.08. The van der Waals surface area contributed by atoms with Crippen LogP contribution in [0.1, 0.15) is 42.4 Å². The van der Waals surface area contributed by atoms with E-state index < -0.39 is 11.9 Å². The summed E-state index contributed by atoms with van der Waals surface area (Å²) in [7, 11) is 0. The molecule has 0 aliphatic carbocycles. The fourth-order valence-electron chi connectivity index (χ4n) is 3.18. The molecule has 0 fully saturated rings. The molecular weight excluding hydrogens is 446 g/mol. The number of nitrogens with zero attached hydrogens (tertiary/aromatic N) is 1. The van der Waals surface area contributed by atoms with E-state index in [0.29, 0.717) is 22.4 Å². The van der Waals surface area contributed by atoms with Gasteiger partial charge in [0.05, 0.1) is 12.5 Å². The van der Waals surface area contributed by atoms with Gasteiger partial charge in [-0.25, -0.2) is 10.2 Å². The van der Waals surface area contributed by atoms with E-state index in [1.54, 1.807) is 66.7 Å². The highest BCUT2D eigenvalue weighted by Gasteiger charge is 2.13. The minimum absolute atomic E-state index is 0.0689. The Bertz CT molecular complexity index is 1390. The predicted octanol–water partition coefficient (Wildman–Crippen LogP) is 4.82. The van der Waals surface area contributed by atoms with Gasteiger partial charge < -0.3 is 14.5 Å². The topological polar surface area (TPSA) is 110 Å². The zero-order valence-electron chi connectivity index (χ0n) is 18.7. The highest BCUT2D eigenvalue weighted by atomic mass is 16.5. The Balaban J connectivity index is 1.40. The molecule has 1 aromatic heterocycles. The van der Waals surface area contributed by atoms with Crippen LogP contribution in [0.3, 0.4) is 0 Å². The Kier molecular flexibility index (Phi) is 7.13. The molecule has 0 spiro atoms. The van der Waals surface area contributed by atoms with E-state index in [9.17, 15) is 14.4 Å². The van der Waals surface area contributed by atoms with Crippen LogP contribution in [0.5, 0.6) is 5.75 Å². The number of amides is 2. The van der Waals surface area contributed by atoms with Crippen LogP contribution in [0.2, 0.25) is 0 Å². The monoisotopic (exact) mass is 467 g/mol. The molecule has 1 heterocycles. The summed E-state index contributed by atoms with van der Waals surface area (Å²) in [6.45, 7) is 1.91. The lowest BCUT2D eigenvalue weighted by Crippen LogP contribution is -2.18. The van der Waals surface area contributed by atoms with Crippen LogP contribution in [0.4, 0.5) is 5.69 Å². The van der Waals surface area contributed by atoms with Crippen LogP contribution in [0, 0.1) is 6.92 Å². The summed E-state index contributed by atoms with van der Waals surface area (Å²) >= 11 is 0. The molecule has 174 valence electrons. The zero-order valence-corrected chi connectivity index (χ0v) is 18.7. The standard InChI is InChI=1S/C27H21N3O5/c1-18-7-4-9-19(15-18)25(31)29-22-11-5-10-20(16-22)26(32)30-28-17-21-8-2-3-12-23(21)35-27(33)24-13-6-14-34-24/h2-17H,1H3,(H,29,31)(H,30,32). The van der Waals surface area contributed by atoms with Crippen molar-refractivity contribution < 1.29 is 23.5 Å². The lowest BCUT2D eigenvalue weighted by molar-refractivity contribution is 0.0700. The fourth-order valence-corrected chi connectivity index (χ4v) is 3.18. The number of furan rings is 1. The van der Waals surface area contributed by atoms with Crippen molar-refractivity contribution in [2.24, 2.45) is 5.10 Å². The molecular formula is C27H21N3O5. The number of para-hydroxylation sites is 1. The van der Waals surface area contributed by atoms with E-state index >= 15 is 0 Å². The van der Waals surface area contributed by atoms with Crippen LogP contribution < -0.4 is 15.5 Å². The Morgan fingerprint density at radius 3 is 2.40 bits per heavy atom. The second-order valence-electron chi connectivity index (χ2n) is 7.51. The van der Waals surface area contributed by atoms with Crippen LogP contribution in [-0.4, -0.2) is 24.0 Å². The quantitative estimate of drug-likeness (QED) is 0.175. The van der Waals surface area contributed by atoms with Crippen LogP contribution in [-0.2, 0) is 0 Å². The largest absolute Gasteiger partial charge is 0.457 e. The number of esters is 1. The van der Waals surface area contributed by atoms with Gasteiger partial charge in [-0.15, -0.1) is 0 Å². The van der Waals surface area contributed by atoms with Crippen molar-refractivity contribution in [2.45, 2.75) is 6.92 Å². The van der Waals surface area contributed by atoms with Gasteiger partial charge in [-0.3, -0.25) is 9.59 Å². The van der Waals surface area contributed by atoms with Crippen LogP contribution in [0.15, 0.2) is 101 Å². The first-order valence-electron chi connectivity index (χ1n) is 10.7. The van der Waals surface area contributed by atoms with Crippen molar-refractivity contribution >= 4 is 29.7 Å². The molecule has 35 heavy (non-hydrogen) atoms. The van der Waals surface area contributed by atoms with E-state index in [4.69, 9.17) is 9.15 Å². The van der Waals surface area contributed by atoms with Crippen molar-refractivity contribution in [3.8, 4) is 5.75 Å². The van der Waals surface area contributed by atoms with Gasteiger partial charge >= 0.3 is 5.97 Å². The molecule has 0 saturated heterocycles. The number of hydrogen-bond donors (Lipinski definition) is 2. The molecule has 0 bridgehead atoms. The maximum absolute atomic E-state index is 12.6. The number of carbonyl (C=O) groups is 3. The minimum atomic E-state index is -0.649. The summed E-state index contributed by atoms with van der Waals surface area (Å²) in [5, 5.41) is 6.76. The summed E-state index contributed by atoms with van der Waals surface area (Å²) in [6, 6.07) is 23.5. The smallest absolute Gasteiger partial charge is 0.379 e. The number of carbonyl (C=O) groups excluding carboxylic acids is 3. The number of ether oxygens (including phenoxy) is 1. The van der Waals surface area contributed by atoms with E-state index in [1.807, 2.05) is 19.1 Å². The minimum Gasteiger partial charge on any atom is -0.457 e. The van der Waals surface area contributed by atoms with Crippen LogP contribution >= 0.6 is 0 Å². The first kappa shape index (κ1) is 23.2. The summed E-state index contributed by atoms with van der Waals surface area (Å²) in [5.41, 5.74) is 5.19. The second-order valence-corrected chi connectivity index (χ2v) is 7.51. The Morgan fingerprint density at radius 1 is 0.857 bits per heavy atom. The maximum atomic E-state index is 12.6.